The van der Waals surface area contributed by atoms with Crippen LogP contribution in [0.4, 0.5) is 5.82 Å². The van der Waals surface area contributed by atoms with E-state index < -0.39 is 4.92 Å². The van der Waals surface area contributed by atoms with Crippen LogP contribution in [-0.2, 0) is 11.3 Å². The van der Waals surface area contributed by atoms with E-state index in [0.717, 1.165) is 12.8 Å². The van der Waals surface area contributed by atoms with E-state index in [-0.39, 0.29) is 23.7 Å². The molecule has 7 nitrogen and oxygen atoms in total. The van der Waals surface area contributed by atoms with Crippen molar-refractivity contribution in [2.24, 2.45) is 5.92 Å². The van der Waals surface area contributed by atoms with Gasteiger partial charge in [-0.05, 0) is 24.7 Å². The molecule has 0 aliphatic heterocycles. The number of carbonyl (C=O) groups excluding carboxylic acids is 1. The van der Waals surface area contributed by atoms with Crippen molar-refractivity contribution in [3.8, 4) is 0 Å². The monoisotopic (exact) mass is 294 g/mol. The van der Waals surface area contributed by atoms with Crippen LogP contribution in [0.2, 0.25) is 0 Å². The summed E-state index contributed by atoms with van der Waals surface area (Å²) in [5.74, 6) is -0.433. The lowest BCUT2D eigenvalue weighted by atomic mass is 9.95. The third-order valence-electron chi connectivity index (χ3n) is 4.00. The highest BCUT2D eigenvalue weighted by atomic mass is 16.6. The third-order valence-corrected chi connectivity index (χ3v) is 4.00. The number of aromatic nitrogens is 2. The van der Waals surface area contributed by atoms with Crippen LogP contribution in [0, 0.1) is 23.0 Å². The van der Waals surface area contributed by atoms with Crippen LogP contribution in [0.1, 0.15) is 44.7 Å². The molecule has 1 fully saturated rings. The van der Waals surface area contributed by atoms with Gasteiger partial charge < -0.3 is 15.4 Å². The van der Waals surface area contributed by atoms with Gasteiger partial charge in [0.25, 0.3) is 0 Å². The van der Waals surface area contributed by atoms with Crippen LogP contribution >= 0.6 is 0 Å². The molecule has 1 aliphatic rings. The number of hydrogen-bond donors (Lipinski definition) is 1. The Labute approximate surface area is 123 Å². The second kappa shape index (κ2) is 6.69. The average molecular weight is 294 g/mol. The summed E-state index contributed by atoms with van der Waals surface area (Å²) in [6, 6.07) is 1.70. The molecule has 7 heteroatoms. The second-order valence-electron chi connectivity index (χ2n) is 5.83. The standard InChI is InChI=1S/C14H22N4O3/c1-10(14(19)15-12-6-4-3-5-7-12)9-17-11(2)8-13(16-17)18(20)21/h8,10,12H,3-7,9H2,1-2H3,(H,15,19). The highest BCUT2D eigenvalue weighted by Gasteiger charge is 2.23. The molecule has 2 rings (SSSR count). The Morgan fingerprint density at radius 1 is 1.52 bits per heavy atom. The van der Waals surface area contributed by atoms with Crippen molar-refractivity contribution >= 4 is 11.7 Å². The van der Waals surface area contributed by atoms with E-state index in [4.69, 9.17) is 0 Å². The highest BCUT2D eigenvalue weighted by molar-refractivity contribution is 5.78. The minimum absolute atomic E-state index is 0.000506. The van der Waals surface area contributed by atoms with E-state index in [9.17, 15) is 14.9 Å². The summed E-state index contributed by atoms with van der Waals surface area (Å²) in [4.78, 5) is 22.4. The molecule has 1 aliphatic carbocycles. The van der Waals surface area contributed by atoms with Crippen LogP contribution in [0.3, 0.4) is 0 Å². The van der Waals surface area contributed by atoms with Crippen LogP contribution in [0.5, 0.6) is 0 Å². The van der Waals surface area contributed by atoms with E-state index in [0.29, 0.717) is 12.2 Å². The maximum Gasteiger partial charge on any atom is 0.390 e. The Balaban J connectivity index is 1.92. The molecule has 1 heterocycles. The summed E-state index contributed by atoms with van der Waals surface area (Å²) < 4.78 is 1.53. The number of rotatable bonds is 5. The molecular formula is C14H22N4O3. The topological polar surface area (TPSA) is 90.1 Å². The quantitative estimate of drug-likeness (QED) is 0.665. The minimum atomic E-state index is -0.518. The van der Waals surface area contributed by atoms with E-state index in [1.165, 1.54) is 30.0 Å². The molecule has 21 heavy (non-hydrogen) atoms. The lowest BCUT2D eigenvalue weighted by Crippen LogP contribution is -2.40. The fourth-order valence-electron chi connectivity index (χ4n) is 2.70. The summed E-state index contributed by atoms with van der Waals surface area (Å²) in [6.07, 6.45) is 5.68. The van der Waals surface area contributed by atoms with Gasteiger partial charge >= 0.3 is 5.82 Å². The van der Waals surface area contributed by atoms with Crippen LogP contribution in [0.25, 0.3) is 0 Å². The number of aryl methyl sites for hydroxylation is 1. The van der Waals surface area contributed by atoms with E-state index in [2.05, 4.69) is 10.4 Å². The number of amides is 1. The smallest absolute Gasteiger partial charge is 0.358 e. The van der Waals surface area contributed by atoms with Crippen molar-refractivity contribution in [1.82, 2.24) is 15.1 Å². The minimum Gasteiger partial charge on any atom is -0.358 e. The molecule has 0 radical (unpaired) electrons. The van der Waals surface area contributed by atoms with Gasteiger partial charge in [-0.15, -0.1) is 0 Å². The molecule has 1 aromatic rings. The zero-order chi connectivity index (χ0) is 15.4. The fourth-order valence-corrected chi connectivity index (χ4v) is 2.70. The van der Waals surface area contributed by atoms with Crippen molar-refractivity contribution in [2.45, 2.75) is 58.5 Å². The number of nitro groups is 1. The van der Waals surface area contributed by atoms with Gasteiger partial charge in [0.1, 0.15) is 0 Å². The zero-order valence-corrected chi connectivity index (χ0v) is 12.5. The molecule has 116 valence electrons. The number of carbonyl (C=O) groups is 1. The Hall–Kier alpha value is -1.92. The highest BCUT2D eigenvalue weighted by Crippen LogP contribution is 2.18. The Bertz CT molecular complexity index is 520. The van der Waals surface area contributed by atoms with Gasteiger partial charge in [0.15, 0.2) is 0 Å². The van der Waals surface area contributed by atoms with E-state index >= 15 is 0 Å². The fraction of sp³-hybridized carbons (Fsp3) is 0.714. The van der Waals surface area contributed by atoms with E-state index in [1.54, 1.807) is 6.92 Å². The summed E-state index contributed by atoms with van der Waals surface area (Å²) in [5.41, 5.74) is 0.694. The molecule has 1 aromatic heterocycles. The van der Waals surface area contributed by atoms with Crippen molar-refractivity contribution in [3.05, 3.63) is 21.9 Å². The zero-order valence-electron chi connectivity index (χ0n) is 12.5. The van der Waals surface area contributed by atoms with Crippen LogP contribution in [0.15, 0.2) is 6.07 Å². The van der Waals surface area contributed by atoms with Crippen molar-refractivity contribution < 1.29 is 9.72 Å². The van der Waals surface area contributed by atoms with Gasteiger partial charge in [-0.25, -0.2) is 0 Å². The first-order chi connectivity index (χ1) is 9.97. The Morgan fingerprint density at radius 3 is 2.76 bits per heavy atom. The van der Waals surface area contributed by atoms with Crippen molar-refractivity contribution in [3.63, 3.8) is 0 Å². The first kappa shape index (κ1) is 15.5. The normalized spacial score (nSPS) is 17.4. The molecule has 0 spiro atoms. The number of nitrogens with zero attached hydrogens (tertiary/aromatic N) is 3. The molecule has 1 amide bonds. The molecular weight excluding hydrogens is 272 g/mol. The molecule has 0 bridgehead atoms. The van der Waals surface area contributed by atoms with Crippen molar-refractivity contribution in [2.75, 3.05) is 0 Å². The maximum absolute atomic E-state index is 12.2. The Kier molecular flexibility index (Phi) is 4.93. The lowest BCUT2D eigenvalue weighted by Gasteiger charge is -2.24. The molecule has 0 aromatic carbocycles. The van der Waals surface area contributed by atoms with E-state index in [1.807, 2.05) is 6.92 Å². The predicted octanol–water partition coefficient (Wildman–Crippen LogP) is 2.18. The molecule has 0 saturated heterocycles. The van der Waals surface area contributed by atoms with Crippen LogP contribution < -0.4 is 5.32 Å². The summed E-state index contributed by atoms with van der Waals surface area (Å²) in [7, 11) is 0. The first-order valence-electron chi connectivity index (χ1n) is 7.46. The van der Waals surface area contributed by atoms with Gasteiger partial charge in [0, 0.05) is 6.04 Å². The van der Waals surface area contributed by atoms with Crippen molar-refractivity contribution in [1.29, 1.82) is 0 Å². The van der Waals surface area contributed by atoms with Gasteiger partial charge in [0.05, 0.1) is 29.3 Å². The largest absolute Gasteiger partial charge is 0.390 e. The SMILES string of the molecule is Cc1cc([N+](=O)[O-])nn1CC(C)C(=O)NC1CCCCC1. The number of nitrogens with one attached hydrogen (secondary N) is 1. The summed E-state index contributed by atoms with van der Waals surface area (Å²) in [5, 5.41) is 17.7. The third kappa shape index (κ3) is 4.03. The molecule has 1 atom stereocenters. The lowest BCUT2D eigenvalue weighted by molar-refractivity contribution is -0.389. The first-order valence-corrected chi connectivity index (χ1v) is 7.46. The van der Waals surface area contributed by atoms with Gasteiger partial charge in [0.2, 0.25) is 5.91 Å². The summed E-state index contributed by atoms with van der Waals surface area (Å²) in [6.45, 7) is 3.94. The number of hydrogen-bond acceptors (Lipinski definition) is 4. The second-order valence-corrected chi connectivity index (χ2v) is 5.83. The maximum atomic E-state index is 12.2. The Morgan fingerprint density at radius 2 is 2.19 bits per heavy atom. The molecule has 1 unspecified atom stereocenters. The summed E-state index contributed by atoms with van der Waals surface area (Å²) >= 11 is 0. The van der Waals surface area contributed by atoms with Gasteiger partial charge in [-0.3, -0.25) is 4.79 Å². The van der Waals surface area contributed by atoms with Gasteiger partial charge in [-0.2, -0.15) is 4.68 Å². The average Bonchev–Trinajstić information content (AvgIpc) is 2.81. The molecule has 1 saturated carbocycles. The van der Waals surface area contributed by atoms with Crippen LogP contribution in [-0.4, -0.2) is 26.7 Å². The van der Waals surface area contributed by atoms with Gasteiger partial charge in [-0.1, -0.05) is 26.2 Å². The molecule has 1 N–H and O–H groups in total. The predicted molar refractivity (Wildman–Crippen MR) is 77.8 cm³/mol.